The fraction of sp³-hybridized carbons (Fsp3) is 0.200. The van der Waals surface area contributed by atoms with E-state index < -0.39 is 0 Å². The predicted molar refractivity (Wildman–Crippen MR) is 126 cm³/mol. The number of aryl methyl sites for hydroxylation is 2. The Balaban J connectivity index is 1.67. The first-order valence-electron chi connectivity index (χ1n) is 9.95. The van der Waals surface area contributed by atoms with Crippen molar-refractivity contribution in [3.8, 4) is 17.2 Å². The lowest BCUT2D eigenvalue weighted by Gasteiger charge is -2.13. The Morgan fingerprint density at radius 3 is 2.28 bits per heavy atom. The Hall–Kier alpha value is -3.51. The number of halogens is 1. The Morgan fingerprint density at radius 2 is 1.66 bits per heavy atom. The second kappa shape index (κ2) is 10.7. The summed E-state index contributed by atoms with van der Waals surface area (Å²) >= 11 is 6.23. The highest BCUT2D eigenvalue weighted by atomic mass is 35.5. The van der Waals surface area contributed by atoms with Crippen LogP contribution in [0.15, 0.2) is 59.7 Å². The van der Waals surface area contributed by atoms with Gasteiger partial charge in [-0.2, -0.15) is 5.10 Å². The summed E-state index contributed by atoms with van der Waals surface area (Å²) < 4.78 is 16.5. The summed E-state index contributed by atoms with van der Waals surface area (Å²) in [6, 6.07) is 16.2. The number of carbonyl (C=O) groups excluding carboxylic acids is 1. The third-order valence-electron chi connectivity index (χ3n) is 4.84. The van der Waals surface area contributed by atoms with Gasteiger partial charge in [0.1, 0.15) is 23.9 Å². The fourth-order valence-corrected chi connectivity index (χ4v) is 3.22. The minimum atomic E-state index is -0.311. The number of hydrogen-bond donors (Lipinski definition) is 1. The number of nitrogens with zero attached hydrogens (tertiary/aromatic N) is 1. The van der Waals surface area contributed by atoms with Crippen LogP contribution >= 0.6 is 11.6 Å². The number of nitrogens with one attached hydrogen (secondary N) is 1. The van der Waals surface area contributed by atoms with Crippen LogP contribution in [0.25, 0.3) is 0 Å². The van der Waals surface area contributed by atoms with E-state index in [9.17, 15) is 4.79 Å². The molecule has 0 saturated heterocycles. The third kappa shape index (κ3) is 5.80. The second-order valence-electron chi connectivity index (χ2n) is 7.16. The standard InChI is InChI=1S/C25H25ClN2O4/c1-16-11-22(12-17(2)24(16)26)32-15-20-13-18(5-10-23(20)31-4)14-27-28-25(29)19-6-8-21(30-3)9-7-19/h5-14H,15H2,1-4H3,(H,28,29)/b27-14+. The van der Waals surface area contributed by atoms with E-state index >= 15 is 0 Å². The molecule has 0 bridgehead atoms. The van der Waals surface area contributed by atoms with Gasteiger partial charge in [-0.1, -0.05) is 11.6 Å². The molecule has 7 heteroatoms. The number of ether oxygens (including phenoxy) is 3. The van der Waals surface area contributed by atoms with E-state index in [2.05, 4.69) is 10.5 Å². The Kier molecular flexibility index (Phi) is 7.73. The van der Waals surface area contributed by atoms with Gasteiger partial charge >= 0.3 is 0 Å². The molecule has 1 amide bonds. The normalized spacial score (nSPS) is 10.8. The van der Waals surface area contributed by atoms with Gasteiger partial charge in [0.15, 0.2) is 0 Å². The average molecular weight is 453 g/mol. The third-order valence-corrected chi connectivity index (χ3v) is 5.44. The summed E-state index contributed by atoms with van der Waals surface area (Å²) in [6.07, 6.45) is 1.57. The molecule has 6 nitrogen and oxygen atoms in total. The van der Waals surface area contributed by atoms with Crippen LogP contribution in [0.4, 0.5) is 0 Å². The van der Waals surface area contributed by atoms with Crippen LogP contribution in [-0.4, -0.2) is 26.3 Å². The van der Waals surface area contributed by atoms with Crippen LogP contribution < -0.4 is 19.6 Å². The summed E-state index contributed by atoms with van der Waals surface area (Å²) in [5, 5.41) is 4.80. The minimum absolute atomic E-state index is 0.309. The van der Waals surface area contributed by atoms with Crippen LogP contribution in [0, 0.1) is 13.8 Å². The molecule has 3 rings (SSSR count). The summed E-state index contributed by atoms with van der Waals surface area (Å²) in [4.78, 5) is 12.2. The van der Waals surface area contributed by atoms with Crippen LogP contribution in [0.1, 0.15) is 32.6 Å². The summed E-state index contributed by atoms with van der Waals surface area (Å²) in [5.41, 5.74) is 6.57. The number of methoxy groups -OCH3 is 2. The van der Waals surface area contributed by atoms with Crippen molar-refractivity contribution in [3.05, 3.63) is 87.4 Å². The van der Waals surface area contributed by atoms with Crippen LogP contribution in [0.2, 0.25) is 5.02 Å². The van der Waals surface area contributed by atoms with Crippen molar-refractivity contribution in [1.29, 1.82) is 0 Å². The van der Waals surface area contributed by atoms with Crippen molar-refractivity contribution >= 4 is 23.7 Å². The van der Waals surface area contributed by atoms with Gasteiger partial charge in [0.05, 0.1) is 20.4 Å². The summed E-state index contributed by atoms with van der Waals surface area (Å²) in [5.74, 6) is 1.81. The van der Waals surface area contributed by atoms with Crippen LogP contribution in [0.3, 0.4) is 0 Å². The molecule has 32 heavy (non-hydrogen) atoms. The Labute approximate surface area is 192 Å². The quantitative estimate of drug-likeness (QED) is 0.371. The molecule has 0 aliphatic heterocycles. The highest BCUT2D eigenvalue weighted by Crippen LogP contribution is 2.27. The smallest absolute Gasteiger partial charge is 0.271 e. The maximum atomic E-state index is 12.2. The van der Waals surface area contributed by atoms with E-state index in [1.807, 2.05) is 44.2 Å². The number of hydrogen-bond acceptors (Lipinski definition) is 5. The fourth-order valence-electron chi connectivity index (χ4n) is 3.11. The average Bonchev–Trinajstić information content (AvgIpc) is 2.81. The minimum Gasteiger partial charge on any atom is -0.497 e. The molecule has 0 aromatic heterocycles. The molecular weight excluding hydrogens is 428 g/mol. The molecule has 0 aliphatic rings. The number of carbonyl (C=O) groups is 1. The lowest BCUT2D eigenvalue weighted by atomic mass is 10.1. The molecule has 3 aromatic carbocycles. The summed E-state index contributed by atoms with van der Waals surface area (Å²) in [7, 11) is 3.18. The van der Waals surface area contributed by atoms with Gasteiger partial charge in [0.2, 0.25) is 0 Å². The van der Waals surface area contributed by atoms with Gasteiger partial charge in [0.25, 0.3) is 5.91 Å². The number of rotatable bonds is 8. The zero-order valence-corrected chi connectivity index (χ0v) is 19.2. The number of amides is 1. The van der Waals surface area contributed by atoms with Gasteiger partial charge in [-0.25, -0.2) is 5.43 Å². The van der Waals surface area contributed by atoms with E-state index in [4.69, 9.17) is 25.8 Å². The molecule has 166 valence electrons. The van der Waals surface area contributed by atoms with Gasteiger partial charge in [-0.15, -0.1) is 0 Å². The van der Waals surface area contributed by atoms with Crippen molar-refractivity contribution in [1.82, 2.24) is 5.43 Å². The number of benzene rings is 3. The molecule has 3 aromatic rings. The SMILES string of the molecule is COc1ccc(C(=O)N/N=C/c2ccc(OC)c(COc3cc(C)c(Cl)c(C)c3)c2)cc1. The van der Waals surface area contributed by atoms with Crippen LogP contribution in [0.5, 0.6) is 17.2 Å². The number of hydrazone groups is 1. The largest absolute Gasteiger partial charge is 0.497 e. The van der Waals surface area contributed by atoms with Gasteiger partial charge in [-0.05, 0) is 85.1 Å². The van der Waals surface area contributed by atoms with Gasteiger partial charge in [-0.3, -0.25) is 4.79 Å². The van der Waals surface area contributed by atoms with Crippen molar-refractivity contribution in [2.45, 2.75) is 20.5 Å². The van der Waals surface area contributed by atoms with Crippen molar-refractivity contribution in [3.63, 3.8) is 0 Å². The molecule has 0 fully saturated rings. The monoisotopic (exact) mass is 452 g/mol. The predicted octanol–water partition coefficient (Wildman–Crippen LogP) is 5.32. The zero-order chi connectivity index (χ0) is 23.1. The topological polar surface area (TPSA) is 69.2 Å². The Morgan fingerprint density at radius 1 is 0.969 bits per heavy atom. The van der Waals surface area contributed by atoms with Gasteiger partial charge in [0, 0.05) is 16.1 Å². The lowest BCUT2D eigenvalue weighted by Crippen LogP contribution is -2.17. The highest BCUT2D eigenvalue weighted by molar-refractivity contribution is 6.32. The zero-order valence-electron chi connectivity index (χ0n) is 18.4. The van der Waals surface area contributed by atoms with E-state index in [-0.39, 0.29) is 5.91 Å². The highest BCUT2D eigenvalue weighted by Gasteiger charge is 2.08. The molecule has 0 spiro atoms. The van der Waals surface area contributed by atoms with Crippen molar-refractivity contribution in [2.75, 3.05) is 14.2 Å². The molecule has 0 saturated carbocycles. The van der Waals surface area contributed by atoms with Gasteiger partial charge < -0.3 is 14.2 Å². The Bertz CT molecular complexity index is 1100. The maximum absolute atomic E-state index is 12.2. The summed E-state index contributed by atoms with van der Waals surface area (Å²) in [6.45, 7) is 4.20. The van der Waals surface area contributed by atoms with Crippen molar-refractivity contribution < 1.29 is 19.0 Å². The van der Waals surface area contributed by atoms with E-state index in [0.717, 1.165) is 33.0 Å². The van der Waals surface area contributed by atoms with E-state index in [1.165, 1.54) is 0 Å². The second-order valence-corrected chi connectivity index (χ2v) is 7.54. The molecule has 0 aliphatic carbocycles. The molecule has 0 unspecified atom stereocenters. The first-order valence-corrected chi connectivity index (χ1v) is 10.3. The molecule has 0 atom stereocenters. The van der Waals surface area contributed by atoms with Crippen LogP contribution in [-0.2, 0) is 6.61 Å². The van der Waals surface area contributed by atoms with E-state index in [0.29, 0.717) is 23.7 Å². The molecule has 0 radical (unpaired) electrons. The maximum Gasteiger partial charge on any atom is 0.271 e. The molecule has 1 N–H and O–H groups in total. The molecule has 0 heterocycles. The van der Waals surface area contributed by atoms with E-state index in [1.54, 1.807) is 44.7 Å². The van der Waals surface area contributed by atoms with Crippen molar-refractivity contribution in [2.24, 2.45) is 5.10 Å². The first-order chi connectivity index (χ1) is 15.4. The molecular formula is C25H25ClN2O4. The first kappa shape index (κ1) is 23.2. The lowest BCUT2D eigenvalue weighted by molar-refractivity contribution is 0.0955.